The molecule has 0 rings (SSSR count). The van der Waals surface area contributed by atoms with E-state index < -0.39 is 17.3 Å². The van der Waals surface area contributed by atoms with Gasteiger partial charge >= 0.3 is 24.0 Å². The lowest BCUT2D eigenvalue weighted by atomic mass is 9.40. The number of nitrogens with zero attached hydrogens (tertiary/aromatic N) is 1. The number of carbonyl (C=O) groups excluding carboxylic acids is 4. The monoisotopic (exact) mass is 620 g/mol. The minimum atomic E-state index is -0.554. The van der Waals surface area contributed by atoms with E-state index >= 15 is 0 Å². The number of hydrogen-bond donors (Lipinski definition) is 0. The van der Waals surface area contributed by atoms with Crippen molar-refractivity contribution >= 4 is 77.9 Å². The molecule has 0 aliphatic carbocycles. The lowest BCUT2D eigenvalue weighted by Crippen LogP contribution is -2.38. The van der Waals surface area contributed by atoms with E-state index in [1.807, 2.05) is 20.8 Å². The maximum Gasteiger partial charge on any atom is 0.410 e. The van der Waals surface area contributed by atoms with E-state index in [2.05, 4.69) is 69.5 Å². The van der Waals surface area contributed by atoms with Gasteiger partial charge in [-0.05, 0) is 48.0 Å². The molecule has 0 aromatic heterocycles. The van der Waals surface area contributed by atoms with Gasteiger partial charge in [0.15, 0.2) is 0 Å². The Morgan fingerprint density at radius 3 is 1.50 bits per heavy atom. The van der Waals surface area contributed by atoms with Crippen LogP contribution in [0, 0.1) is 0 Å². The predicted octanol–water partition coefficient (Wildman–Crippen LogP) is 3.31. The van der Waals surface area contributed by atoms with Crippen LogP contribution in [0.1, 0.15) is 67.2 Å². The Hall–Kier alpha value is -2.04. The molecule has 0 N–H and O–H groups in total. The third-order valence-corrected chi connectivity index (χ3v) is 3.79. The fourth-order valence-electron chi connectivity index (χ4n) is 1.94. The van der Waals surface area contributed by atoms with E-state index in [1.165, 1.54) is 19.1 Å². The van der Waals surface area contributed by atoms with Crippen molar-refractivity contribution in [3.8, 4) is 0 Å². The van der Waals surface area contributed by atoms with Gasteiger partial charge < -0.3 is 23.8 Å². The molecule has 0 saturated heterocycles. The molecule has 9 radical (unpaired) electrons. The summed E-state index contributed by atoms with van der Waals surface area (Å²) in [4.78, 5) is 46.0. The highest BCUT2D eigenvalue weighted by Crippen LogP contribution is 2.11. The second kappa shape index (κ2) is 31.5. The van der Waals surface area contributed by atoms with Gasteiger partial charge in [-0.3, -0.25) is 14.4 Å². The normalized spacial score (nSPS) is 9.32. The van der Waals surface area contributed by atoms with Gasteiger partial charge in [0, 0.05) is 69.3 Å². The first-order valence-electron chi connectivity index (χ1n) is 12.2. The molecule has 0 aliphatic heterocycles. The minimum absolute atomic E-state index is 0.142. The molecule has 0 unspecified atom stereocenters. The number of carbonyl (C=O) groups is 4. The quantitative estimate of drug-likeness (QED) is 0.120. The number of esters is 3. The summed E-state index contributed by atoms with van der Waals surface area (Å²) in [5.74, 6) is -0.933. The molecule has 1 amide bonds. The predicted molar refractivity (Wildman–Crippen MR) is 169 cm³/mol. The summed E-state index contributed by atoms with van der Waals surface area (Å²) < 4.78 is 19.2. The van der Waals surface area contributed by atoms with Crippen molar-refractivity contribution in [2.75, 3.05) is 32.6 Å². The van der Waals surface area contributed by atoms with E-state index in [9.17, 15) is 19.2 Å². The van der Waals surface area contributed by atoms with Crippen molar-refractivity contribution < 1.29 is 38.1 Å². The van der Waals surface area contributed by atoms with Crippen molar-refractivity contribution in [1.29, 1.82) is 0 Å². The largest absolute Gasteiger partial charge is 0.469 e. The third-order valence-electron chi connectivity index (χ3n) is 3.33. The van der Waals surface area contributed by atoms with Crippen molar-refractivity contribution in [1.82, 2.24) is 4.90 Å². The average molecular weight is 621 g/mol. The van der Waals surface area contributed by atoms with Crippen LogP contribution in [0.3, 0.4) is 0 Å². The number of ether oxygens (including phenoxy) is 4. The second-order valence-electron chi connectivity index (χ2n) is 9.19. The Labute approximate surface area is 256 Å². The van der Waals surface area contributed by atoms with Crippen LogP contribution < -0.4 is 0 Å². The molecule has 40 heavy (non-hydrogen) atoms. The topological polar surface area (TPSA) is 108 Å². The van der Waals surface area contributed by atoms with Crippen LogP contribution in [0.15, 0.2) is 25.3 Å². The summed E-state index contributed by atoms with van der Waals surface area (Å²) in [6.45, 7) is 18.4. The number of hydrogen-bond acceptors (Lipinski definition) is 8. The molecule has 0 aromatic carbocycles. The van der Waals surface area contributed by atoms with Gasteiger partial charge in [-0.1, -0.05) is 28.1 Å². The average Bonchev–Trinajstić information content (AvgIpc) is 2.86. The Morgan fingerprint density at radius 1 is 0.800 bits per heavy atom. The summed E-state index contributed by atoms with van der Waals surface area (Å²) in [5.41, 5.74) is -1.01. The van der Waals surface area contributed by atoms with Crippen molar-refractivity contribution in [3.63, 3.8) is 0 Å². The Morgan fingerprint density at radius 2 is 1.18 bits per heavy atom. The number of alkyl halides is 1. The van der Waals surface area contributed by atoms with Crippen LogP contribution in [0.5, 0.6) is 0 Å². The molecule has 0 aliphatic rings. The smallest absolute Gasteiger partial charge is 0.410 e. The number of halogens is 1. The van der Waals surface area contributed by atoms with Gasteiger partial charge in [-0.25, -0.2) is 4.79 Å². The maximum absolute atomic E-state index is 11.8. The second-order valence-corrected chi connectivity index (χ2v) is 9.84. The summed E-state index contributed by atoms with van der Waals surface area (Å²) >= 11 is 3.13. The Kier molecular flexibility index (Phi) is 37.6. The zero-order valence-corrected chi connectivity index (χ0v) is 27.1. The van der Waals surface area contributed by atoms with Gasteiger partial charge in [0.1, 0.15) is 11.2 Å². The number of methoxy groups -OCH3 is 2. The first kappa shape index (κ1) is 47.7. The standard InChI is InChI=1S/C12H21NO4.C10H18O4.C3H5Br.B3.B2/c1-6-8-13(9-7-10(14)16-5)11(15)17-12(2,3)4;1-10(2,3)14-9(12)7-5-6-8(11)13-4;1-2-3-4;1-3-2;1-2/h6H,1,7-9H2,2-5H3;5-7H2,1-4H3;2H,1,3H2;;. The molecule has 15 heteroatoms. The van der Waals surface area contributed by atoms with Gasteiger partial charge in [0.25, 0.3) is 0 Å². The van der Waals surface area contributed by atoms with Crippen LogP contribution in [0.25, 0.3) is 0 Å². The highest BCUT2D eigenvalue weighted by molar-refractivity contribution is 9.09. The lowest BCUT2D eigenvalue weighted by molar-refractivity contribution is -0.155. The van der Waals surface area contributed by atoms with Gasteiger partial charge in [0.05, 0.1) is 20.6 Å². The van der Waals surface area contributed by atoms with Crippen LogP contribution in [0.2, 0.25) is 0 Å². The summed E-state index contributed by atoms with van der Waals surface area (Å²) in [5, 5.41) is 0.896. The SMILES string of the molecule is C=CCBr.C=CCN(CCC(=O)OC)C(=O)OC(C)(C)C.COC(=O)CCCC(=O)OC(C)(C)C.[B][B].[B][B][B]. The number of allylic oxidation sites excluding steroid dienone is 1. The van der Waals surface area contributed by atoms with Crippen molar-refractivity contribution in [2.45, 2.75) is 78.4 Å². The van der Waals surface area contributed by atoms with E-state index in [-0.39, 0.29) is 43.7 Å². The van der Waals surface area contributed by atoms with Crippen molar-refractivity contribution in [3.05, 3.63) is 25.3 Å². The fourth-order valence-corrected chi connectivity index (χ4v) is 1.94. The molecular formula is C25H44B5BrNO8. The highest BCUT2D eigenvalue weighted by Gasteiger charge is 2.22. The van der Waals surface area contributed by atoms with Crippen LogP contribution in [-0.2, 0) is 33.3 Å². The van der Waals surface area contributed by atoms with Gasteiger partial charge in [0.2, 0.25) is 0 Å². The first-order valence-corrected chi connectivity index (χ1v) is 13.3. The Balaban J connectivity index is -0.000000159. The number of amides is 1. The van der Waals surface area contributed by atoms with E-state index in [0.29, 0.717) is 13.0 Å². The zero-order valence-electron chi connectivity index (χ0n) is 25.5. The molecular weight excluding hydrogens is 576 g/mol. The molecule has 0 spiro atoms. The minimum Gasteiger partial charge on any atom is -0.469 e. The Bertz CT molecular complexity index is 687. The maximum atomic E-state index is 11.8. The van der Waals surface area contributed by atoms with Gasteiger partial charge in [-0.2, -0.15) is 0 Å². The molecule has 0 atom stereocenters. The molecule has 0 heterocycles. The molecule has 0 aromatic rings. The molecule has 0 fully saturated rings. The lowest BCUT2D eigenvalue weighted by Gasteiger charge is -2.26. The van der Waals surface area contributed by atoms with E-state index in [4.69, 9.17) is 9.47 Å². The highest BCUT2D eigenvalue weighted by atomic mass is 79.9. The fraction of sp³-hybridized carbons (Fsp3) is 0.680. The van der Waals surface area contributed by atoms with Crippen LogP contribution >= 0.6 is 15.9 Å². The van der Waals surface area contributed by atoms with Crippen LogP contribution in [-0.4, -0.2) is 111 Å². The van der Waals surface area contributed by atoms with Crippen molar-refractivity contribution in [2.24, 2.45) is 0 Å². The summed E-state index contributed by atoms with van der Waals surface area (Å²) in [6.07, 6.45) is 4.05. The van der Waals surface area contributed by atoms with Crippen LogP contribution in [0.4, 0.5) is 4.79 Å². The number of rotatable bonds is 10. The molecule has 0 bridgehead atoms. The summed E-state index contributed by atoms with van der Waals surface area (Å²) in [6, 6.07) is 0. The molecule has 9 nitrogen and oxygen atoms in total. The zero-order chi connectivity index (χ0) is 32.8. The van der Waals surface area contributed by atoms with E-state index in [0.717, 1.165) is 12.4 Å². The van der Waals surface area contributed by atoms with Gasteiger partial charge in [-0.15, -0.1) is 13.2 Å². The summed E-state index contributed by atoms with van der Waals surface area (Å²) in [7, 11) is 20.6. The van der Waals surface area contributed by atoms with E-state index in [1.54, 1.807) is 32.9 Å². The third kappa shape index (κ3) is 45.9. The molecule has 0 saturated carbocycles. The first-order chi connectivity index (χ1) is 18.5. The molecule has 219 valence electrons.